The number of halogens is 1. The number of nitrogens with zero attached hydrogens (tertiary/aromatic N) is 1. The van der Waals surface area contributed by atoms with E-state index in [9.17, 15) is 9.59 Å². The average molecular weight is 511 g/mol. The highest BCUT2D eigenvalue weighted by molar-refractivity contribution is 6.30. The van der Waals surface area contributed by atoms with Crippen LogP contribution in [0, 0.1) is 23.7 Å². The molecule has 194 valence electrons. The van der Waals surface area contributed by atoms with Gasteiger partial charge in [0.2, 0.25) is 11.8 Å². The topological polar surface area (TPSA) is 97.1 Å². The van der Waals surface area contributed by atoms with Gasteiger partial charge in [-0.2, -0.15) is 0 Å². The molecular weight excluding hydrogens is 472 g/mol. The number of hydrogen-bond acceptors (Lipinski definition) is 4. The van der Waals surface area contributed by atoms with Gasteiger partial charge in [-0.1, -0.05) is 43.0 Å². The normalized spacial score (nSPS) is 24.6. The number of nitrogens with one attached hydrogen (secondary N) is 2. The van der Waals surface area contributed by atoms with E-state index in [1.54, 1.807) is 12.4 Å². The predicted molar refractivity (Wildman–Crippen MR) is 145 cm³/mol. The Morgan fingerprint density at radius 1 is 1.08 bits per heavy atom. The summed E-state index contributed by atoms with van der Waals surface area (Å²) >= 11 is 6.02. The van der Waals surface area contributed by atoms with Crippen LogP contribution in [0.3, 0.4) is 0 Å². The summed E-state index contributed by atoms with van der Waals surface area (Å²) in [5.74, 6) is 2.18. The third-order valence-corrected chi connectivity index (χ3v) is 8.63. The van der Waals surface area contributed by atoms with Gasteiger partial charge in [0, 0.05) is 42.1 Å². The van der Waals surface area contributed by atoms with E-state index in [-0.39, 0.29) is 17.9 Å². The van der Waals surface area contributed by atoms with Gasteiger partial charge in [-0.3, -0.25) is 14.6 Å². The standard InChI is InChI=1S/C29H39ClN4O2/c1-29(2,22-7-9-23(30)10-8-22)28(36)33-18-25(31)27-20-4-3-5-21(27)17-19(16-20)6-11-26(35)34-24-12-14-32-15-13-24/h7-10,12-15,19-21,25,27H,3-6,11,16-18,31H2,1-2H3,(H,33,36)(H,32,34,35)/t19?,20?,21?,25-,27?/m1/s1. The van der Waals surface area contributed by atoms with Crippen LogP contribution in [0.15, 0.2) is 48.8 Å². The number of benzene rings is 1. The molecule has 1 aromatic heterocycles. The van der Waals surface area contributed by atoms with Crippen LogP contribution < -0.4 is 16.4 Å². The van der Waals surface area contributed by atoms with Crippen molar-refractivity contribution in [2.45, 2.75) is 70.3 Å². The Bertz CT molecular complexity index is 1010. The van der Waals surface area contributed by atoms with Crippen LogP contribution in [0.25, 0.3) is 0 Å². The highest BCUT2D eigenvalue weighted by atomic mass is 35.5. The molecule has 2 amide bonds. The maximum Gasteiger partial charge on any atom is 0.230 e. The van der Waals surface area contributed by atoms with Crippen molar-refractivity contribution < 1.29 is 9.59 Å². The van der Waals surface area contributed by atoms with Crippen molar-refractivity contribution in [1.29, 1.82) is 0 Å². The first-order chi connectivity index (χ1) is 17.2. The second kappa shape index (κ2) is 11.7. The first-order valence-corrected chi connectivity index (χ1v) is 13.6. The molecule has 7 heteroatoms. The van der Waals surface area contributed by atoms with E-state index in [0.717, 1.165) is 30.5 Å². The van der Waals surface area contributed by atoms with Crippen molar-refractivity contribution >= 4 is 29.1 Å². The van der Waals surface area contributed by atoms with Crippen LogP contribution in [0.4, 0.5) is 5.69 Å². The third-order valence-electron chi connectivity index (χ3n) is 8.38. The summed E-state index contributed by atoms with van der Waals surface area (Å²) in [4.78, 5) is 29.5. The molecule has 2 fully saturated rings. The zero-order chi connectivity index (χ0) is 25.7. The fourth-order valence-electron chi connectivity index (χ4n) is 6.41. The van der Waals surface area contributed by atoms with Crippen molar-refractivity contribution in [3.8, 4) is 0 Å². The maximum absolute atomic E-state index is 13.1. The Morgan fingerprint density at radius 3 is 2.36 bits per heavy atom. The first-order valence-electron chi connectivity index (χ1n) is 13.2. The van der Waals surface area contributed by atoms with Crippen LogP contribution in [0.1, 0.15) is 64.4 Å². The van der Waals surface area contributed by atoms with E-state index in [1.165, 1.54) is 19.3 Å². The molecule has 3 atom stereocenters. The highest BCUT2D eigenvalue weighted by Gasteiger charge is 2.43. The van der Waals surface area contributed by atoms with E-state index >= 15 is 0 Å². The molecule has 2 aliphatic carbocycles. The number of anilines is 1. The molecule has 0 saturated heterocycles. The van der Waals surface area contributed by atoms with Crippen molar-refractivity contribution in [3.63, 3.8) is 0 Å². The Labute approximate surface area is 219 Å². The molecule has 36 heavy (non-hydrogen) atoms. The van der Waals surface area contributed by atoms with Gasteiger partial charge >= 0.3 is 0 Å². The molecule has 0 aliphatic heterocycles. The van der Waals surface area contributed by atoms with Crippen LogP contribution >= 0.6 is 11.6 Å². The number of nitrogens with two attached hydrogens (primary N) is 1. The number of aromatic nitrogens is 1. The van der Waals surface area contributed by atoms with E-state index in [0.29, 0.717) is 41.7 Å². The van der Waals surface area contributed by atoms with Gasteiger partial charge < -0.3 is 16.4 Å². The minimum absolute atomic E-state index is 0.0145. The van der Waals surface area contributed by atoms with Crippen molar-refractivity contribution in [3.05, 3.63) is 59.4 Å². The van der Waals surface area contributed by atoms with Crippen LogP contribution in [0.5, 0.6) is 0 Å². The van der Waals surface area contributed by atoms with Gasteiger partial charge in [-0.05, 0) is 86.6 Å². The van der Waals surface area contributed by atoms with Gasteiger partial charge in [-0.25, -0.2) is 0 Å². The molecule has 2 aromatic rings. The number of carbonyl (C=O) groups is 2. The smallest absolute Gasteiger partial charge is 0.230 e. The molecule has 1 heterocycles. The zero-order valence-corrected chi connectivity index (χ0v) is 22.1. The van der Waals surface area contributed by atoms with Gasteiger partial charge in [0.1, 0.15) is 0 Å². The number of rotatable bonds is 9. The number of fused-ring (bicyclic) bond motifs is 2. The van der Waals surface area contributed by atoms with Crippen molar-refractivity contribution in [2.24, 2.45) is 29.4 Å². The fourth-order valence-corrected chi connectivity index (χ4v) is 6.53. The van der Waals surface area contributed by atoms with Crippen LogP contribution in [-0.2, 0) is 15.0 Å². The lowest BCUT2D eigenvalue weighted by Gasteiger charge is -2.48. The van der Waals surface area contributed by atoms with E-state index in [4.69, 9.17) is 17.3 Å². The second-order valence-electron chi connectivity index (χ2n) is 11.2. The van der Waals surface area contributed by atoms with Gasteiger partial charge in [-0.15, -0.1) is 0 Å². The summed E-state index contributed by atoms with van der Waals surface area (Å²) in [6, 6.07) is 11.0. The quantitative estimate of drug-likeness (QED) is 0.425. The number of amides is 2. The summed E-state index contributed by atoms with van der Waals surface area (Å²) < 4.78 is 0. The summed E-state index contributed by atoms with van der Waals surface area (Å²) in [6.07, 6.45) is 10.7. The van der Waals surface area contributed by atoms with E-state index in [1.807, 2.05) is 50.2 Å². The molecular formula is C29H39ClN4O2. The number of hydrogen-bond donors (Lipinski definition) is 3. The van der Waals surface area contributed by atoms with Crippen molar-refractivity contribution in [2.75, 3.05) is 11.9 Å². The lowest BCUT2D eigenvalue weighted by atomic mass is 9.58. The molecule has 2 bridgehead atoms. The van der Waals surface area contributed by atoms with Crippen molar-refractivity contribution in [1.82, 2.24) is 10.3 Å². The predicted octanol–water partition coefficient (Wildman–Crippen LogP) is 5.32. The number of carbonyl (C=O) groups excluding carboxylic acids is 2. The minimum atomic E-state index is -0.658. The Morgan fingerprint density at radius 2 is 1.72 bits per heavy atom. The highest BCUT2D eigenvalue weighted by Crippen LogP contribution is 2.49. The summed E-state index contributed by atoms with van der Waals surface area (Å²) in [7, 11) is 0. The monoisotopic (exact) mass is 510 g/mol. The third kappa shape index (κ3) is 6.46. The van der Waals surface area contributed by atoms with Crippen LogP contribution in [-0.4, -0.2) is 29.4 Å². The largest absolute Gasteiger partial charge is 0.354 e. The molecule has 2 aliphatic rings. The van der Waals surface area contributed by atoms with Crippen LogP contribution in [0.2, 0.25) is 5.02 Å². The molecule has 6 nitrogen and oxygen atoms in total. The maximum atomic E-state index is 13.1. The number of pyridine rings is 1. The molecule has 0 radical (unpaired) electrons. The molecule has 4 N–H and O–H groups in total. The fraction of sp³-hybridized carbons (Fsp3) is 0.552. The summed E-state index contributed by atoms with van der Waals surface area (Å²) in [5, 5.41) is 6.77. The lowest BCUT2D eigenvalue weighted by Crippen LogP contribution is -2.53. The van der Waals surface area contributed by atoms with E-state index < -0.39 is 5.41 Å². The lowest BCUT2D eigenvalue weighted by molar-refractivity contribution is -0.125. The SMILES string of the molecule is CC(C)(C(=O)NC[C@@H](N)C1C2CCCC1CC(CCC(=O)Nc1ccncc1)C2)c1ccc(Cl)cc1. The summed E-state index contributed by atoms with van der Waals surface area (Å²) in [6.45, 7) is 4.36. The van der Waals surface area contributed by atoms with E-state index in [2.05, 4.69) is 15.6 Å². The Kier molecular flexibility index (Phi) is 8.68. The second-order valence-corrected chi connectivity index (χ2v) is 11.6. The van der Waals surface area contributed by atoms with Gasteiger partial charge in [0.15, 0.2) is 0 Å². The average Bonchev–Trinajstić information content (AvgIpc) is 2.86. The van der Waals surface area contributed by atoms with Gasteiger partial charge in [0.25, 0.3) is 0 Å². The Balaban J connectivity index is 1.28. The zero-order valence-electron chi connectivity index (χ0n) is 21.4. The molecule has 2 unspecified atom stereocenters. The minimum Gasteiger partial charge on any atom is -0.354 e. The van der Waals surface area contributed by atoms with Gasteiger partial charge in [0.05, 0.1) is 5.41 Å². The summed E-state index contributed by atoms with van der Waals surface area (Å²) in [5.41, 5.74) is 7.81. The Hall–Kier alpha value is -2.44. The molecule has 4 rings (SSSR count). The molecule has 2 saturated carbocycles. The first kappa shape index (κ1) is 26.6. The molecule has 0 spiro atoms. The molecule has 1 aromatic carbocycles.